The molecule has 5 rings (SSSR count). The van der Waals surface area contributed by atoms with Crippen molar-refractivity contribution in [3.63, 3.8) is 0 Å². The number of hydrogen-bond acceptors (Lipinski definition) is 7. The highest BCUT2D eigenvalue weighted by molar-refractivity contribution is 7.22. The summed E-state index contributed by atoms with van der Waals surface area (Å²) >= 11 is 1.34. The predicted octanol–water partition coefficient (Wildman–Crippen LogP) is 6.06. The van der Waals surface area contributed by atoms with E-state index < -0.39 is 17.7 Å². The fourth-order valence-electron chi connectivity index (χ4n) is 4.43. The van der Waals surface area contributed by atoms with Gasteiger partial charge in [0, 0.05) is 5.56 Å². The lowest BCUT2D eigenvalue weighted by atomic mass is 9.95. The Morgan fingerprint density at radius 1 is 1.08 bits per heavy atom. The van der Waals surface area contributed by atoms with Crippen molar-refractivity contribution in [1.82, 2.24) is 4.98 Å². The Labute approximate surface area is 224 Å². The summed E-state index contributed by atoms with van der Waals surface area (Å²) in [7, 11) is 1.55. The van der Waals surface area contributed by atoms with Crippen molar-refractivity contribution in [3.05, 3.63) is 102 Å². The van der Waals surface area contributed by atoms with Crippen LogP contribution in [0.2, 0.25) is 0 Å². The molecular formula is C30H26N2O5S. The summed E-state index contributed by atoms with van der Waals surface area (Å²) in [5.41, 5.74) is 2.93. The number of aliphatic hydroxyl groups is 1. The smallest absolute Gasteiger partial charge is 0.301 e. The zero-order valence-corrected chi connectivity index (χ0v) is 21.8. The van der Waals surface area contributed by atoms with Crippen LogP contribution >= 0.6 is 11.3 Å². The average molecular weight is 527 g/mol. The summed E-state index contributed by atoms with van der Waals surface area (Å²) in [6, 6.07) is 18.8. The molecule has 0 bridgehead atoms. The number of rotatable bonds is 8. The van der Waals surface area contributed by atoms with Gasteiger partial charge in [-0.15, -0.1) is 0 Å². The van der Waals surface area contributed by atoms with E-state index in [1.165, 1.54) is 16.2 Å². The number of nitrogens with zero attached hydrogens (tertiary/aromatic N) is 2. The van der Waals surface area contributed by atoms with Crippen LogP contribution in [0.3, 0.4) is 0 Å². The number of benzene rings is 3. The first-order chi connectivity index (χ1) is 18.4. The van der Waals surface area contributed by atoms with Gasteiger partial charge in [0.2, 0.25) is 0 Å². The van der Waals surface area contributed by atoms with E-state index in [0.29, 0.717) is 34.4 Å². The third-order valence-corrected chi connectivity index (χ3v) is 7.44. The van der Waals surface area contributed by atoms with Gasteiger partial charge in [-0.05, 0) is 66.1 Å². The van der Waals surface area contributed by atoms with E-state index >= 15 is 0 Å². The number of anilines is 1. The van der Waals surface area contributed by atoms with Crippen molar-refractivity contribution >= 4 is 44.1 Å². The standard InChI is InChI=1S/C30H26N2O5S/c1-4-16-37-22-13-7-19(8-14-22)26-25(27(33)20-9-11-21(36-3)12-10-20)28(34)29(35)32(26)30-31-23-15-6-18(5-2)17-24(23)38-30/h4,6-15,17,26,33H,1,5,16H2,2-3H3/t26-/m0/s1. The number of aliphatic hydroxyl groups excluding tert-OH is 1. The van der Waals surface area contributed by atoms with Crippen molar-refractivity contribution in [2.75, 3.05) is 18.6 Å². The van der Waals surface area contributed by atoms with Gasteiger partial charge < -0.3 is 14.6 Å². The van der Waals surface area contributed by atoms with E-state index in [1.807, 2.05) is 18.2 Å². The predicted molar refractivity (Wildman–Crippen MR) is 149 cm³/mol. The van der Waals surface area contributed by atoms with Gasteiger partial charge in [-0.1, -0.05) is 49.1 Å². The molecule has 0 saturated carbocycles. The Hall–Kier alpha value is -4.43. The maximum atomic E-state index is 13.5. The molecular weight excluding hydrogens is 500 g/mol. The first kappa shape index (κ1) is 25.2. The van der Waals surface area contributed by atoms with Gasteiger partial charge in [-0.25, -0.2) is 4.98 Å². The minimum absolute atomic E-state index is 0.00608. The van der Waals surface area contributed by atoms with Crippen LogP contribution < -0.4 is 14.4 Å². The second-order valence-electron chi connectivity index (χ2n) is 8.72. The molecule has 1 aliphatic heterocycles. The van der Waals surface area contributed by atoms with E-state index in [9.17, 15) is 14.7 Å². The van der Waals surface area contributed by atoms with Crippen LogP contribution in [-0.2, 0) is 16.0 Å². The normalized spacial score (nSPS) is 16.7. The van der Waals surface area contributed by atoms with Crippen molar-refractivity contribution in [2.24, 2.45) is 0 Å². The molecule has 38 heavy (non-hydrogen) atoms. The average Bonchev–Trinajstić information content (AvgIpc) is 3.49. The number of amides is 1. The maximum Gasteiger partial charge on any atom is 0.301 e. The summed E-state index contributed by atoms with van der Waals surface area (Å²) < 4.78 is 11.7. The van der Waals surface area contributed by atoms with E-state index in [2.05, 4.69) is 13.5 Å². The molecule has 0 aliphatic carbocycles. The molecule has 1 N–H and O–H groups in total. The molecule has 4 aromatic rings. The van der Waals surface area contributed by atoms with Crippen LogP contribution in [0.25, 0.3) is 16.0 Å². The molecule has 3 aromatic carbocycles. The molecule has 1 aliphatic rings. The Morgan fingerprint density at radius 2 is 1.79 bits per heavy atom. The van der Waals surface area contributed by atoms with Crippen molar-refractivity contribution in [2.45, 2.75) is 19.4 Å². The van der Waals surface area contributed by atoms with E-state index in [4.69, 9.17) is 14.5 Å². The number of thiazole rings is 1. The maximum absolute atomic E-state index is 13.5. The number of ketones is 1. The quantitative estimate of drug-likeness (QED) is 0.130. The molecule has 1 saturated heterocycles. The number of carbonyl (C=O) groups is 2. The summed E-state index contributed by atoms with van der Waals surface area (Å²) in [5.74, 6) is -0.557. The zero-order chi connectivity index (χ0) is 26.8. The number of fused-ring (bicyclic) bond motifs is 1. The summed E-state index contributed by atoms with van der Waals surface area (Å²) in [5, 5.41) is 11.7. The third kappa shape index (κ3) is 4.54. The Kier molecular flexibility index (Phi) is 6.98. The number of hydrogen-bond donors (Lipinski definition) is 1. The van der Waals surface area contributed by atoms with Crippen LogP contribution in [0.15, 0.2) is 85.0 Å². The fraction of sp³-hybridized carbons (Fsp3) is 0.167. The molecule has 1 fully saturated rings. The van der Waals surface area contributed by atoms with Crippen LogP contribution in [0, 0.1) is 0 Å². The van der Waals surface area contributed by atoms with Crippen LogP contribution in [-0.4, -0.2) is 35.5 Å². The molecule has 7 nitrogen and oxygen atoms in total. The van der Waals surface area contributed by atoms with Crippen molar-refractivity contribution in [1.29, 1.82) is 0 Å². The number of methoxy groups -OCH3 is 1. The van der Waals surface area contributed by atoms with Crippen molar-refractivity contribution < 1.29 is 24.2 Å². The SMILES string of the molecule is C=CCOc1ccc([C@H]2C(=C(O)c3ccc(OC)cc3)C(=O)C(=O)N2c2nc3ccc(CC)cc3s2)cc1. The molecule has 192 valence electrons. The summed E-state index contributed by atoms with van der Waals surface area (Å²) in [6.45, 7) is 6.08. The number of aryl methyl sites for hydroxylation is 1. The molecule has 0 radical (unpaired) electrons. The van der Waals surface area contributed by atoms with Gasteiger partial charge in [0.25, 0.3) is 5.78 Å². The van der Waals surface area contributed by atoms with Crippen LogP contribution in [0.5, 0.6) is 11.5 Å². The van der Waals surface area contributed by atoms with Gasteiger partial charge in [0.1, 0.15) is 23.9 Å². The molecule has 1 atom stereocenters. The Balaban J connectivity index is 1.66. The number of aromatic nitrogens is 1. The second kappa shape index (κ2) is 10.5. The summed E-state index contributed by atoms with van der Waals surface area (Å²) in [6.07, 6.45) is 2.52. The van der Waals surface area contributed by atoms with Crippen LogP contribution in [0.4, 0.5) is 5.13 Å². The molecule has 0 spiro atoms. The monoisotopic (exact) mass is 526 g/mol. The topological polar surface area (TPSA) is 89.0 Å². The number of ether oxygens (including phenoxy) is 2. The Morgan fingerprint density at radius 3 is 2.45 bits per heavy atom. The van der Waals surface area contributed by atoms with Crippen LogP contribution in [0.1, 0.15) is 29.7 Å². The van der Waals surface area contributed by atoms with Gasteiger partial charge >= 0.3 is 5.91 Å². The lowest BCUT2D eigenvalue weighted by Gasteiger charge is -2.23. The van der Waals surface area contributed by atoms with Gasteiger partial charge in [-0.3, -0.25) is 14.5 Å². The number of carbonyl (C=O) groups excluding carboxylic acids is 2. The third-order valence-electron chi connectivity index (χ3n) is 6.43. The van der Waals surface area contributed by atoms with E-state index in [0.717, 1.165) is 22.2 Å². The zero-order valence-electron chi connectivity index (χ0n) is 21.0. The largest absolute Gasteiger partial charge is 0.507 e. The summed E-state index contributed by atoms with van der Waals surface area (Å²) in [4.78, 5) is 33.0. The second-order valence-corrected chi connectivity index (χ2v) is 9.73. The lowest BCUT2D eigenvalue weighted by molar-refractivity contribution is -0.132. The van der Waals surface area contributed by atoms with E-state index in [-0.39, 0.29) is 11.3 Å². The lowest BCUT2D eigenvalue weighted by Crippen LogP contribution is -2.29. The minimum Gasteiger partial charge on any atom is -0.507 e. The minimum atomic E-state index is -0.878. The molecule has 8 heteroatoms. The highest BCUT2D eigenvalue weighted by Gasteiger charge is 2.48. The fourth-order valence-corrected chi connectivity index (χ4v) is 5.49. The first-order valence-corrected chi connectivity index (χ1v) is 12.9. The first-order valence-electron chi connectivity index (χ1n) is 12.1. The highest BCUT2D eigenvalue weighted by atomic mass is 32.1. The molecule has 0 unspecified atom stereocenters. The molecule has 1 amide bonds. The molecule has 1 aromatic heterocycles. The number of Topliss-reactive ketones (excluding diaryl/α,β-unsaturated/α-hetero) is 1. The highest BCUT2D eigenvalue weighted by Crippen LogP contribution is 2.44. The van der Waals surface area contributed by atoms with Gasteiger partial charge in [-0.2, -0.15) is 0 Å². The Bertz CT molecular complexity index is 1550. The molecule has 2 heterocycles. The van der Waals surface area contributed by atoms with Crippen molar-refractivity contribution in [3.8, 4) is 11.5 Å². The van der Waals surface area contributed by atoms with Gasteiger partial charge in [0.05, 0.1) is 28.9 Å². The van der Waals surface area contributed by atoms with E-state index in [1.54, 1.807) is 61.7 Å². The van der Waals surface area contributed by atoms with Gasteiger partial charge in [0.15, 0.2) is 5.13 Å².